The van der Waals surface area contributed by atoms with Gasteiger partial charge >= 0.3 is 6.09 Å². The SMILES string of the molecule is CCCCC1(CNNC(=O)OC(C)(C)C)CC(O)C1. The Bertz CT molecular complexity index is 294. The lowest BCUT2D eigenvalue weighted by molar-refractivity contribution is -0.0396. The van der Waals surface area contributed by atoms with Crippen molar-refractivity contribution in [1.29, 1.82) is 0 Å². The number of hydrazine groups is 1. The van der Waals surface area contributed by atoms with Crippen LogP contribution in [-0.2, 0) is 4.74 Å². The van der Waals surface area contributed by atoms with Crippen LogP contribution in [0.1, 0.15) is 59.8 Å². The molecule has 1 aliphatic rings. The highest BCUT2D eigenvalue weighted by atomic mass is 16.6. The van der Waals surface area contributed by atoms with Crippen LogP contribution in [0.2, 0.25) is 0 Å². The average Bonchev–Trinajstić information content (AvgIpc) is 2.21. The van der Waals surface area contributed by atoms with Gasteiger partial charge in [-0.15, -0.1) is 0 Å². The van der Waals surface area contributed by atoms with Crippen molar-refractivity contribution < 1.29 is 14.6 Å². The van der Waals surface area contributed by atoms with Crippen LogP contribution in [0.4, 0.5) is 4.79 Å². The predicted octanol–water partition coefficient (Wildman–Crippen LogP) is 2.35. The number of amides is 1. The molecule has 0 aromatic rings. The molecule has 1 saturated carbocycles. The highest BCUT2D eigenvalue weighted by molar-refractivity contribution is 5.66. The van der Waals surface area contributed by atoms with Crippen LogP contribution in [-0.4, -0.2) is 29.4 Å². The molecule has 3 N–H and O–H groups in total. The fraction of sp³-hybridized carbons (Fsp3) is 0.929. The molecule has 1 fully saturated rings. The average molecular weight is 272 g/mol. The molecule has 0 spiro atoms. The molecule has 0 saturated heterocycles. The summed E-state index contributed by atoms with van der Waals surface area (Å²) in [6, 6.07) is 0. The minimum Gasteiger partial charge on any atom is -0.443 e. The van der Waals surface area contributed by atoms with E-state index in [1.165, 1.54) is 0 Å². The summed E-state index contributed by atoms with van der Waals surface area (Å²) in [5.41, 5.74) is 5.15. The molecule has 0 aromatic carbocycles. The molecular weight excluding hydrogens is 244 g/mol. The van der Waals surface area contributed by atoms with E-state index in [0.29, 0.717) is 6.54 Å². The number of hydrogen-bond acceptors (Lipinski definition) is 4. The van der Waals surface area contributed by atoms with E-state index in [2.05, 4.69) is 17.8 Å². The monoisotopic (exact) mass is 272 g/mol. The first-order chi connectivity index (χ1) is 8.76. The Kier molecular flexibility index (Phi) is 5.62. The second-order valence-electron chi connectivity index (χ2n) is 6.65. The number of hydrogen-bond donors (Lipinski definition) is 3. The van der Waals surface area contributed by atoms with Crippen LogP contribution >= 0.6 is 0 Å². The number of rotatable bonds is 6. The van der Waals surface area contributed by atoms with Gasteiger partial charge in [-0.05, 0) is 45.4 Å². The maximum absolute atomic E-state index is 11.5. The lowest BCUT2D eigenvalue weighted by Crippen LogP contribution is -2.52. The van der Waals surface area contributed by atoms with Gasteiger partial charge in [0.05, 0.1) is 6.10 Å². The zero-order valence-electron chi connectivity index (χ0n) is 12.6. The summed E-state index contributed by atoms with van der Waals surface area (Å²) >= 11 is 0. The summed E-state index contributed by atoms with van der Waals surface area (Å²) in [5, 5.41) is 9.50. The Morgan fingerprint density at radius 1 is 1.42 bits per heavy atom. The van der Waals surface area contributed by atoms with Gasteiger partial charge in [0.1, 0.15) is 5.60 Å². The van der Waals surface area contributed by atoms with Crippen molar-refractivity contribution in [3.05, 3.63) is 0 Å². The first kappa shape index (κ1) is 16.2. The molecule has 5 nitrogen and oxygen atoms in total. The van der Waals surface area contributed by atoms with Crippen molar-refractivity contribution in [2.45, 2.75) is 71.5 Å². The first-order valence-electron chi connectivity index (χ1n) is 7.16. The van der Waals surface area contributed by atoms with E-state index in [-0.39, 0.29) is 11.5 Å². The van der Waals surface area contributed by atoms with E-state index in [0.717, 1.165) is 32.1 Å². The molecule has 112 valence electrons. The van der Waals surface area contributed by atoms with Gasteiger partial charge in [-0.3, -0.25) is 5.43 Å². The lowest BCUT2D eigenvalue weighted by atomic mass is 9.64. The Labute approximate surface area is 116 Å². The number of carbonyl (C=O) groups excluding carboxylic acids is 1. The quantitative estimate of drug-likeness (QED) is 0.649. The minimum absolute atomic E-state index is 0.129. The Morgan fingerprint density at radius 3 is 2.53 bits per heavy atom. The van der Waals surface area contributed by atoms with Crippen molar-refractivity contribution in [1.82, 2.24) is 10.9 Å². The van der Waals surface area contributed by atoms with E-state index in [1.807, 2.05) is 20.8 Å². The Balaban J connectivity index is 2.27. The Morgan fingerprint density at radius 2 is 2.05 bits per heavy atom. The molecule has 0 atom stereocenters. The van der Waals surface area contributed by atoms with E-state index < -0.39 is 11.7 Å². The number of aliphatic hydroxyl groups excluding tert-OH is 1. The second kappa shape index (κ2) is 6.57. The number of aliphatic hydroxyl groups is 1. The first-order valence-corrected chi connectivity index (χ1v) is 7.16. The number of ether oxygens (including phenoxy) is 1. The largest absolute Gasteiger partial charge is 0.443 e. The van der Waals surface area contributed by atoms with Crippen LogP contribution in [0, 0.1) is 5.41 Å². The van der Waals surface area contributed by atoms with Gasteiger partial charge in [-0.1, -0.05) is 19.8 Å². The minimum atomic E-state index is -0.488. The van der Waals surface area contributed by atoms with Crippen LogP contribution in [0.5, 0.6) is 0 Å². The molecule has 5 heteroatoms. The Hall–Kier alpha value is -0.810. The fourth-order valence-corrected chi connectivity index (χ4v) is 2.54. The highest BCUT2D eigenvalue weighted by Gasteiger charge is 2.42. The fourth-order valence-electron chi connectivity index (χ4n) is 2.54. The van der Waals surface area contributed by atoms with Gasteiger partial charge in [0.2, 0.25) is 0 Å². The van der Waals surface area contributed by atoms with Gasteiger partial charge in [0.15, 0.2) is 0 Å². The molecule has 0 aromatic heterocycles. The third kappa shape index (κ3) is 5.78. The second-order valence-corrected chi connectivity index (χ2v) is 6.65. The standard InChI is InChI=1S/C14H28N2O3/c1-5-6-7-14(8-11(17)9-14)10-15-16-12(18)19-13(2,3)4/h11,15,17H,5-10H2,1-4H3,(H,16,18). The van der Waals surface area contributed by atoms with E-state index in [1.54, 1.807) is 0 Å². The predicted molar refractivity (Wildman–Crippen MR) is 74.6 cm³/mol. The molecule has 19 heavy (non-hydrogen) atoms. The lowest BCUT2D eigenvalue weighted by Gasteiger charge is -2.46. The molecule has 0 unspecified atom stereocenters. The van der Waals surface area contributed by atoms with Gasteiger partial charge < -0.3 is 9.84 Å². The summed E-state index contributed by atoms with van der Waals surface area (Å²) in [5.74, 6) is 0. The van der Waals surface area contributed by atoms with Crippen LogP contribution in [0.15, 0.2) is 0 Å². The summed E-state index contributed by atoms with van der Waals surface area (Å²) in [7, 11) is 0. The molecule has 1 amide bonds. The summed E-state index contributed by atoms with van der Waals surface area (Å²) in [6.45, 7) is 8.34. The summed E-state index contributed by atoms with van der Waals surface area (Å²) in [4.78, 5) is 11.5. The third-order valence-corrected chi connectivity index (χ3v) is 3.45. The molecule has 1 rings (SSSR count). The molecule has 0 heterocycles. The molecular formula is C14H28N2O3. The molecule has 0 radical (unpaired) electrons. The summed E-state index contributed by atoms with van der Waals surface area (Å²) in [6.07, 6.45) is 4.38. The van der Waals surface area contributed by atoms with Crippen LogP contribution in [0.3, 0.4) is 0 Å². The molecule has 0 bridgehead atoms. The summed E-state index contributed by atoms with van der Waals surface area (Å²) < 4.78 is 5.14. The van der Waals surface area contributed by atoms with Crippen molar-refractivity contribution in [3.63, 3.8) is 0 Å². The number of nitrogens with one attached hydrogen (secondary N) is 2. The van der Waals surface area contributed by atoms with E-state index in [9.17, 15) is 9.90 Å². The van der Waals surface area contributed by atoms with E-state index in [4.69, 9.17) is 4.74 Å². The topological polar surface area (TPSA) is 70.6 Å². The normalized spacial score (nSPS) is 26.7. The number of carbonyl (C=O) groups is 1. The maximum atomic E-state index is 11.5. The van der Waals surface area contributed by atoms with Gasteiger partial charge in [0, 0.05) is 6.54 Å². The van der Waals surface area contributed by atoms with Crippen LogP contribution in [0.25, 0.3) is 0 Å². The van der Waals surface area contributed by atoms with Crippen molar-refractivity contribution in [3.8, 4) is 0 Å². The number of unbranched alkanes of at least 4 members (excludes halogenated alkanes) is 1. The maximum Gasteiger partial charge on any atom is 0.422 e. The van der Waals surface area contributed by atoms with Crippen LogP contribution < -0.4 is 10.9 Å². The third-order valence-electron chi connectivity index (χ3n) is 3.45. The van der Waals surface area contributed by atoms with Gasteiger partial charge in [-0.2, -0.15) is 0 Å². The molecule has 0 aliphatic heterocycles. The van der Waals surface area contributed by atoms with E-state index >= 15 is 0 Å². The highest BCUT2D eigenvalue weighted by Crippen LogP contribution is 2.44. The smallest absolute Gasteiger partial charge is 0.422 e. The van der Waals surface area contributed by atoms with Crippen molar-refractivity contribution in [2.75, 3.05) is 6.54 Å². The van der Waals surface area contributed by atoms with Gasteiger partial charge in [0.25, 0.3) is 0 Å². The zero-order chi connectivity index (χ0) is 14.5. The zero-order valence-corrected chi connectivity index (χ0v) is 12.6. The van der Waals surface area contributed by atoms with Crippen molar-refractivity contribution >= 4 is 6.09 Å². The molecule has 1 aliphatic carbocycles. The van der Waals surface area contributed by atoms with Gasteiger partial charge in [-0.25, -0.2) is 10.2 Å². The van der Waals surface area contributed by atoms with Crippen molar-refractivity contribution in [2.24, 2.45) is 5.41 Å².